The fourth-order valence-corrected chi connectivity index (χ4v) is 2.00. The van der Waals surface area contributed by atoms with Crippen molar-refractivity contribution >= 4 is 17.4 Å². The molecule has 2 aromatic carbocycles. The van der Waals surface area contributed by atoms with Crippen LogP contribution in [-0.2, 0) is 11.2 Å². The molecule has 0 saturated carbocycles. The van der Waals surface area contributed by atoms with Crippen molar-refractivity contribution in [1.82, 2.24) is 0 Å². The van der Waals surface area contributed by atoms with Crippen LogP contribution in [0.5, 0.6) is 11.5 Å². The number of ketones is 1. The van der Waals surface area contributed by atoms with Crippen molar-refractivity contribution in [2.24, 2.45) is 0 Å². The minimum atomic E-state index is -1.16. The minimum absolute atomic E-state index is 0.0667. The number of aromatic hydroxyl groups is 2. The zero-order valence-electron chi connectivity index (χ0n) is 10.9. The molecule has 0 aliphatic heterocycles. The Kier molecular flexibility index (Phi) is 3.80. The van der Waals surface area contributed by atoms with Gasteiger partial charge in [-0.3, -0.25) is 9.59 Å². The quantitative estimate of drug-likeness (QED) is 0.293. The molecule has 0 unspecified atom stereocenters. The Balaban J connectivity index is 2.60. The summed E-state index contributed by atoms with van der Waals surface area (Å²) in [7, 11) is 0. The first kappa shape index (κ1) is 14.4. The van der Waals surface area contributed by atoms with E-state index < -0.39 is 29.7 Å². The zero-order chi connectivity index (χ0) is 15.6. The van der Waals surface area contributed by atoms with Gasteiger partial charge in [0.25, 0.3) is 0 Å². The zero-order valence-corrected chi connectivity index (χ0v) is 10.9. The molecule has 0 aliphatic rings. The van der Waals surface area contributed by atoms with E-state index in [-0.39, 0.29) is 22.4 Å². The molecule has 0 aliphatic carbocycles. The molecule has 21 heavy (non-hydrogen) atoms. The Labute approximate surface area is 120 Å². The monoisotopic (exact) mass is 287 g/mol. The molecule has 0 fully saturated rings. The SMILES string of the molecule is Nc1c(CC(=O)O)cc(O)c(O)c1C(=O)c1ccccc1. The number of aliphatic carboxylic acids is 1. The first-order valence-corrected chi connectivity index (χ1v) is 6.06. The normalized spacial score (nSPS) is 10.3. The number of hydrogen-bond donors (Lipinski definition) is 4. The van der Waals surface area contributed by atoms with Gasteiger partial charge in [-0.05, 0) is 11.6 Å². The Morgan fingerprint density at radius 1 is 1.10 bits per heavy atom. The van der Waals surface area contributed by atoms with Gasteiger partial charge in [0, 0.05) is 5.56 Å². The average molecular weight is 287 g/mol. The number of carboxylic acids is 1. The Bertz CT molecular complexity index is 710. The largest absolute Gasteiger partial charge is 0.504 e. The molecule has 6 heteroatoms. The van der Waals surface area contributed by atoms with E-state index in [0.717, 1.165) is 6.07 Å². The summed E-state index contributed by atoms with van der Waals surface area (Å²) in [6.07, 6.45) is -0.464. The number of carbonyl (C=O) groups excluding carboxylic acids is 1. The smallest absolute Gasteiger partial charge is 0.307 e. The molecule has 2 rings (SSSR count). The first-order valence-electron chi connectivity index (χ1n) is 6.06. The van der Waals surface area contributed by atoms with E-state index in [1.54, 1.807) is 18.2 Å². The Morgan fingerprint density at radius 3 is 2.29 bits per heavy atom. The fraction of sp³-hybridized carbons (Fsp3) is 0.0667. The molecule has 0 amide bonds. The average Bonchev–Trinajstić information content (AvgIpc) is 2.45. The van der Waals surface area contributed by atoms with E-state index in [0.29, 0.717) is 0 Å². The van der Waals surface area contributed by atoms with Crippen molar-refractivity contribution in [1.29, 1.82) is 0 Å². The highest BCUT2D eigenvalue weighted by atomic mass is 16.4. The third kappa shape index (κ3) is 2.79. The second kappa shape index (κ2) is 5.54. The lowest BCUT2D eigenvalue weighted by atomic mass is 9.96. The van der Waals surface area contributed by atoms with E-state index in [2.05, 4.69) is 0 Å². The number of rotatable bonds is 4. The summed E-state index contributed by atoms with van der Waals surface area (Å²) < 4.78 is 0. The van der Waals surface area contributed by atoms with Gasteiger partial charge in [0.1, 0.15) is 0 Å². The maximum absolute atomic E-state index is 12.4. The summed E-state index contributed by atoms with van der Waals surface area (Å²) in [5.41, 5.74) is 5.68. The molecular formula is C15H13NO5. The van der Waals surface area contributed by atoms with E-state index in [1.165, 1.54) is 12.1 Å². The Morgan fingerprint density at radius 2 is 1.71 bits per heavy atom. The van der Waals surface area contributed by atoms with Crippen molar-refractivity contribution in [3.63, 3.8) is 0 Å². The maximum Gasteiger partial charge on any atom is 0.307 e. The van der Waals surface area contributed by atoms with Gasteiger partial charge in [-0.1, -0.05) is 30.3 Å². The van der Waals surface area contributed by atoms with Crippen LogP contribution in [-0.4, -0.2) is 27.1 Å². The van der Waals surface area contributed by atoms with Crippen LogP contribution in [0.25, 0.3) is 0 Å². The second-order valence-corrected chi connectivity index (χ2v) is 4.46. The number of carboxylic acid groups (broad SMARTS) is 1. The fourth-order valence-electron chi connectivity index (χ4n) is 2.00. The van der Waals surface area contributed by atoms with Crippen LogP contribution in [0.2, 0.25) is 0 Å². The van der Waals surface area contributed by atoms with Crippen molar-refractivity contribution in [3.8, 4) is 11.5 Å². The summed E-state index contributed by atoms with van der Waals surface area (Å²) in [5, 5.41) is 28.3. The van der Waals surface area contributed by atoms with Crippen LogP contribution in [0, 0.1) is 0 Å². The molecule has 0 radical (unpaired) electrons. The molecule has 0 atom stereocenters. The van der Waals surface area contributed by atoms with Crippen LogP contribution in [0.1, 0.15) is 21.5 Å². The summed E-state index contributed by atoms with van der Waals surface area (Å²) >= 11 is 0. The minimum Gasteiger partial charge on any atom is -0.504 e. The lowest BCUT2D eigenvalue weighted by Gasteiger charge is -2.13. The molecule has 108 valence electrons. The van der Waals surface area contributed by atoms with E-state index in [9.17, 15) is 19.8 Å². The summed E-state index contributed by atoms with van der Waals surface area (Å²) in [5.74, 6) is -2.99. The highest BCUT2D eigenvalue weighted by Gasteiger charge is 2.23. The molecule has 0 spiro atoms. The van der Waals surface area contributed by atoms with Crippen LogP contribution >= 0.6 is 0 Å². The topological polar surface area (TPSA) is 121 Å². The van der Waals surface area contributed by atoms with E-state index >= 15 is 0 Å². The number of phenols is 2. The third-order valence-corrected chi connectivity index (χ3v) is 3.01. The lowest BCUT2D eigenvalue weighted by molar-refractivity contribution is -0.136. The molecule has 0 bridgehead atoms. The Hall–Kier alpha value is -3.02. The van der Waals surface area contributed by atoms with Crippen LogP contribution < -0.4 is 5.73 Å². The number of phenolic OH excluding ortho intramolecular Hbond substituents is 2. The van der Waals surface area contributed by atoms with Crippen LogP contribution in [0.3, 0.4) is 0 Å². The summed E-state index contributed by atoms with van der Waals surface area (Å²) in [4.78, 5) is 23.2. The molecule has 0 heterocycles. The highest BCUT2D eigenvalue weighted by Crippen LogP contribution is 2.37. The molecule has 0 saturated heterocycles. The van der Waals surface area contributed by atoms with Gasteiger partial charge in [0.15, 0.2) is 17.3 Å². The number of hydrogen-bond acceptors (Lipinski definition) is 5. The van der Waals surface area contributed by atoms with Gasteiger partial charge >= 0.3 is 5.97 Å². The van der Waals surface area contributed by atoms with Crippen LogP contribution in [0.15, 0.2) is 36.4 Å². The predicted molar refractivity (Wildman–Crippen MR) is 75.4 cm³/mol. The standard InChI is InChI=1S/C15H13NO5/c16-13-9(7-11(18)19)6-10(17)15(21)12(13)14(20)8-4-2-1-3-5-8/h1-6,17,21H,7,16H2,(H,18,19). The summed E-state index contributed by atoms with van der Waals surface area (Å²) in [6.45, 7) is 0. The maximum atomic E-state index is 12.4. The van der Waals surface area contributed by atoms with Gasteiger partial charge in [0.05, 0.1) is 17.7 Å². The van der Waals surface area contributed by atoms with Crippen molar-refractivity contribution < 1.29 is 24.9 Å². The number of benzene rings is 2. The van der Waals surface area contributed by atoms with Gasteiger partial charge in [-0.15, -0.1) is 0 Å². The van der Waals surface area contributed by atoms with Gasteiger partial charge in [-0.2, -0.15) is 0 Å². The molecule has 5 N–H and O–H groups in total. The number of nitrogen functional groups attached to an aromatic ring is 1. The lowest BCUT2D eigenvalue weighted by Crippen LogP contribution is -2.11. The second-order valence-electron chi connectivity index (χ2n) is 4.46. The van der Waals surface area contributed by atoms with Crippen molar-refractivity contribution in [2.45, 2.75) is 6.42 Å². The van der Waals surface area contributed by atoms with E-state index in [4.69, 9.17) is 10.8 Å². The van der Waals surface area contributed by atoms with Gasteiger partial charge in [-0.25, -0.2) is 0 Å². The van der Waals surface area contributed by atoms with Crippen molar-refractivity contribution in [2.75, 3.05) is 5.73 Å². The van der Waals surface area contributed by atoms with Crippen LogP contribution in [0.4, 0.5) is 5.69 Å². The molecule has 6 nitrogen and oxygen atoms in total. The summed E-state index contributed by atoms with van der Waals surface area (Å²) in [6, 6.07) is 9.10. The molecule has 2 aromatic rings. The van der Waals surface area contributed by atoms with E-state index in [1.807, 2.05) is 0 Å². The number of nitrogens with two attached hydrogens (primary N) is 1. The predicted octanol–water partition coefficient (Wildman–Crippen LogP) is 1.54. The van der Waals surface area contributed by atoms with Gasteiger partial charge < -0.3 is 21.1 Å². The number of carbonyl (C=O) groups is 2. The van der Waals surface area contributed by atoms with Gasteiger partial charge in [0.2, 0.25) is 0 Å². The highest BCUT2D eigenvalue weighted by molar-refractivity contribution is 6.14. The van der Waals surface area contributed by atoms with Crippen molar-refractivity contribution in [3.05, 3.63) is 53.1 Å². The third-order valence-electron chi connectivity index (χ3n) is 3.01. The molecule has 0 aromatic heterocycles. The first-order chi connectivity index (χ1) is 9.91. The molecular weight excluding hydrogens is 274 g/mol. The number of anilines is 1.